The van der Waals surface area contributed by atoms with Crippen molar-refractivity contribution in [1.29, 1.82) is 0 Å². The number of carbonyl (C=O) groups is 1. The molecule has 128 valence electrons. The molecule has 0 aliphatic rings. The molecule has 0 aliphatic carbocycles. The standard InChI is InChI=1S/C17H14BrClF2O3/c1-16(2,15(22)23)24-14-8-5-11(9-13(14)18)17(20,21)10-3-6-12(19)7-4-10/h3-9H,1-2H3,(H,22,23). The lowest BCUT2D eigenvalue weighted by molar-refractivity contribution is -0.152. The van der Waals surface area contributed by atoms with Crippen LogP contribution in [0.4, 0.5) is 8.78 Å². The first kappa shape index (κ1) is 18.7. The quantitative estimate of drug-likeness (QED) is 0.697. The van der Waals surface area contributed by atoms with Crippen LogP contribution in [0.5, 0.6) is 5.75 Å². The van der Waals surface area contributed by atoms with Gasteiger partial charge in [0.2, 0.25) is 0 Å². The van der Waals surface area contributed by atoms with Gasteiger partial charge in [0.1, 0.15) is 5.75 Å². The van der Waals surface area contributed by atoms with Crippen LogP contribution >= 0.6 is 27.5 Å². The van der Waals surface area contributed by atoms with E-state index >= 15 is 0 Å². The molecule has 1 N–H and O–H groups in total. The zero-order valence-electron chi connectivity index (χ0n) is 12.8. The molecule has 0 unspecified atom stereocenters. The van der Waals surface area contributed by atoms with Crippen molar-refractivity contribution in [2.45, 2.75) is 25.4 Å². The minimum atomic E-state index is -3.23. The summed E-state index contributed by atoms with van der Waals surface area (Å²) >= 11 is 8.88. The van der Waals surface area contributed by atoms with Crippen LogP contribution in [0.25, 0.3) is 0 Å². The van der Waals surface area contributed by atoms with Crippen molar-refractivity contribution < 1.29 is 23.4 Å². The zero-order valence-corrected chi connectivity index (χ0v) is 15.2. The van der Waals surface area contributed by atoms with Gasteiger partial charge in [-0.1, -0.05) is 23.7 Å². The number of hydrogen-bond donors (Lipinski definition) is 1. The van der Waals surface area contributed by atoms with Crippen molar-refractivity contribution in [2.24, 2.45) is 0 Å². The van der Waals surface area contributed by atoms with Crippen molar-refractivity contribution >= 4 is 33.5 Å². The summed E-state index contributed by atoms with van der Waals surface area (Å²) in [6, 6.07) is 9.03. The number of benzene rings is 2. The van der Waals surface area contributed by atoms with E-state index in [1.165, 1.54) is 56.3 Å². The molecular formula is C17H14BrClF2O3. The molecule has 0 fully saturated rings. The Kier molecular flexibility index (Phi) is 5.20. The van der Waals surface area contributed by atoms with Crippen molar-refractivity contribution in [1.82, 2.24) is 0 Å². The molecule has 7 heteroatoms. The van der Waals surface area contributed by atoms with Gasteiger partial charge in [-0.2, -0.15) is 8.78 Å². The highest BCUT2D eigenvalue weighted by Gasteiger charge is 2.35. The van der Waals surface area contributed by atoms with Gasteiger partial charge in [0.15, 0.2) is 5.60 Å². The molecule has 3 nitrogen and oxygen atoms in total. The SMILES string of the molecule is CC(C)(Oc1ccc(C(F)(F)c2ccc(Cl)cc2)cc1Br)C(=O)O. The lowest BCUT2D eigenvalue weighted by Gasteiger charge is -2.23. The second-order valence-electron chi connectivity index (χ2n) is 5.64. The highest BCUT2D eigenvalue weighted by molar-refractivity contribution is 9.10. The van der Waals surface area contributed by atoms with Crippen LogP contribution < -0.4 is 4.74 Å². The fraction of sp³-hybridized carbons (Fsp3) is 0.235. The van der Waals surface area contributed by atoms with Crippen LogP contribution in [0.2, 0.25) is 5.02 Å². The third kappa shape index (κ3) is 3.87. The van der Waals surface area contributed by atoms with Gasteiger partial charge in [-0.05, 0) is 60.1 Å². The first-order valence-corrected chi connectivity index (χ1v) is 8.07. The number of halogens is 4. The highest BCUT2D eigenvalue weighted by atomic mass is 79.9. The summed E-state index contributed by atoms with van der Waals surface area (Å²) in [6.45, 7) is 2.75. The van der Waals surface area contributed by atoms with E-state index in [2.05, 4.69) is 15.9 Å². The van der Waals surface area contributed by atoms with Crippen molar-refractivity contribution in [3.05, 3.63) is 63.1 Å². The molecule has 0 spiro atoms. The molecular weight excluding hydrogens is 406 g/mol. The Bertz CT molecular complexity index is 761. The minimum Gasteiger partial charge on any atom is -0.478 e. The van der Waals surface area contributed by atoms with Gasteiger partial charge in [-0.15, -0.1) is 0 Å². The van der Waals surface area contributed by atoms with E-state index in [1.54, 1.807) is 0 Å². The number of carboxylic acid groups (broad SMARTS) is 1. The Labute approximate surface area is 151 Å². The van der Waals surface area contributed by atoms with Crippen LogP contribution in [0.1, 0.15) is 25.0 Å². The summed E-state index contributed by atoms with van der Waals surface area (Å²) in [6.07, 6.45) is 0. The maximum atomic E-state index is 14.6. The molecule has 0 atom stereocenters. The lowest BCUT2D eigenvalue weighted by atomic mass is 10.0. The average molecular weight is 420 g/mol. The maximum Gasteiger partial charge on any atom is 0.347 e. The smallest absolute Gasteiger partial charge is 0.347 e. The summed E-state index contributed by atoms with van der Waals surface area (Å²) in [7, 11) is 0. The summed E-state index contributed by atoms with van der Waals surface area (Å²) in [4.78, 5) is 11.1. The van der Waals surface area contributed by atoms with E-state index in [9.17, 15) is 13.6 Å². The summed E-state index contributed by atoms with van der Waals surface area (Å²) in [5.41, 5.74) is -1.93. The number of hydrogen-bond acceptors (Lipinski definition) is 2. The molecule has 0 amide bonds. The van der Waals surface area contributed by atoms with Crippen LogP contribution in [-0.4, -0.2) is 16.7 Å². The molecule has 0 aliphatic heterocycles. The third-order valence-electron chi connectivity index (χ3n) is 3.38. The van der Waals surface area contributed by atoms with Crippen LogP contribution in [0.15, 0.2) is 46.9 Å². The van der Waals surface area contributed by atoms with Gasteiger partial charge in [0.05, 0.1) is 4.47 Å². The average Bonchev–Trinajstić information content (AvgIpc) is 2.49. The van der Waals surface area contributed by atoms with Gasteiger partial charge in [0.25, 0.3) is 5.92 Å². The number of rotatable bonds is 5. The molecule has 0 radical (unpaired) electrons. The van der Waals surface area contributed by atoms with Gasteiger partial charge < -0.3 is 9.84 Å². The first-order valence-electron chi connectivity index (χ1n) is 6.90. The van der Waals surface area contributed by atoms with Crippen molar-refractivity contribution in [3.63, 3.8) is 0 Å². The number of ether oxygens (including phenoxy) is 1. The molecule has 2 aromatic rings. The van der Waals surface area contributed by atoms with E-state index in [0.717, 1.165) is 0 Å². The van der Waals surface area contributed by atoms with E-state index in [1.807, 2.05) is 0 Å². The topological polar surface area (TPSA) is 46.5 Å². The third-order valence-corrected chi connectivity index (χ3v) is 4.25. The van der Waals surface area contributed by atoms with E-state index in [-0.39, 0.29) is 21.3 Å². The number of carboxylic acids is 1. The fourth-order valence-corrected chi connectivity index (χ4v) is 2.51. The Morgan fingerprint density at radius 2 is 1.67 bits per heavy atom. The van der Waals surface area contributed by atoms with Crippen LogP contribution in [-0.2, 0) is 10.7 Å². The predicted octanol–water partition coefficient (Wildman–Crippen LogP) is 5.48. The first-order chi connectivity index (χ1) is 11.0. The largest absolute Gasteiger partial charge is 0.478 e. The van der Waals surface area contributed by atoms with E-state index < -0.39 is 17.5 Å². The van der Waals surface area contributed by atoms with Gasteiger partial charge in [-0.3, -0.25) is 0 Å². The molecule has 0 heterocycles. The zero-order chi connectivity index (χ0) is 18.1. The van der Waals surface area contributed by atoms with Gasteiger partial charge in [-0.25, -0.2) is 4.79 Å². The minimum absolute atomic E-state index is 0.165. The van der Waals surface area contributed by atoms with Crippen molar-refractivity contribution in [3.8, 4) is 5.75 Å². The summed E-state index contributed by atoms with van der Waals surface area (Å²) < 4.78 is 34.8. The summed E-state index contributed by atoms with van der Waals surface area (Å²) in [5, 5.41) is 9.45. The predicted molar refractivity (Wildman–Crippen MR) is 90.9 cm³/mol. The van der Waals surface area contributed by atoms with Crippen LogP contribution in [0.3, 0.4) is 0 Å². The molecule has 0 bridgehead atoms. The molecule has 0 saturated heterocycles. The van der Waals surface area contributed by atoms with Crippen LogP contribution in [0, 0.1) is 0 Å². The lowest BCUT2D eigenvalue weighted by Crippen LogP contribution is -2.38. The Morgan fingerprint density at radius 1 is 1.12 bits per heavy atom. The molecule has 2 rings (SSSR count). The molecule has 0 saturated carbocycles. The molecule has 24 heavy (non-hydrogen) atoms. The van der Waals surface area contributed by atoms with E-state index in [0.29, 0.717) is 5.02 Å². The van der Waals surface area contributed by atoms with Gasteiger partial charge >= 0.3 is 5.97 Å². The monoisotopic (exact) mass is 418 g/mol. The fourth-order valence-electron chi connectivity index (χ4n) is 1.92. The normalized spacial score (nSPS) is 12.1. The Hall–Kier alpha value is -1.66. The number of aliphatic carboxylic acids is 1. The number of alkyl halides is 2. The second-order valence-corrected chi connectivity index (χ2v) is 6.93. The Morgan fingerprint density at radius 3 is 2.17 bits per heavy atom. The maximum absolute atomic E-state index is 14.6. The van der Waals surface area contributed by atoms with E-state index in [4.69, 9.17) is 21.4 Å². The molecule has 0 aromatic heterocycles. The summed E-state index contributed by atoms with van der Waals surface area (Å²) in [5.74, 6) is -4.23. The second kappa shape index (κ2) is 6.69. The highest BCUT2D eigenvalue weighted by Crippen LogP contribution is 2.39. The van der Waals surface area contributed by atoms with Crippen molar-refractivity contribution in [2.75, 3.05) is 0 Å². The Balaban J connectivity index is 2.35. The van der Waals surface area contributed by atoms with Gasteiger partial charge in [0, 0.05) is 16.1 Å². The molecule has 2 aromatic carbocycles.